The van der Waals surface area contributed by atoms with Gasteiger partial charge in [0.05, 0.1) is 27.2 Å². The minimum absolute atomic E-state index is 0.0197. The van der Waals surface area contributed by atoms with Gasteiger partial charge >= 0.3 is 0 Å². The molecule has 4 rings (SSSR count). The molecular formula is C21H20N4O3S2. The van der Waals surface area contributed by atoms with E-state index in [1.54, 1.807) is 23.5 Å². The van der Waals surface area contributed by atoms with Crippen molar-refractivity contribution in [3.05, 3.63) is 59.1 Å². The van der Waals surface area contributed by atoms with Crippen LogP contribution in [0.25, 0.3) is 10.2 Å². The quantitative estimate of drug-likeness (QED) is 0.657. The van der Waals surface area contributed by atoms with E-state index in [4.69, 9.17) is 0 Å². The van der Waals surface area contributed by atoms with Crippen molar-refractivity contribution in [1.82, 2.24) is 14.6 Å². The van der Waals surface area contributed by atoms with Gasteiger partial charge in [0, 0.05) is 19.0 Å². The second kappa shape index (κ2) is 8.52. The lowest BCUT2D eigenvalue weighted by Gasteiger charge is -2.30. The van der Waals surface area contributed by atoms with Gasteiger partial charge in [0.1, 0.15) is 11.1 Å². The molecule has 1 aliphatic rings. The molecule has 0 saturated carbocycles. The third-order valence-electron chi connectivity index (χ3n) is 5.20. The van der Waals surface area contributed by atoms with Gasteiger partial charge < -0.3 is 5.32 Å². The summed E-state index contributed by atoms with van der Waals surface area (Å²) in [6.07, 6.45) is 0.888. The Bertz CT molecular complexity index is 1190. The summed E-state index contributed by atoms with van der Waals surface area (Å²) in [6, 6.07) is 16.0. The Balaban J connectivity index is 1.35. The summed E-state index contributed by atoms with van der Waals surface area (Å²) in [4.78, 5) is 17.1. The molecule has 1 aromatic heterocycles. The molecule has 1 amide bonds. The monoisotopic (exact) mass is 440 g/mol. The third kappa shape index (κ3) is 4.07. The van der Waals surface area contributed by atoms with Crippen molar-refractivity contribution >= 4 is 37.5 Å². The second-order valence-electron chi connectivity index (χ2n) is 7.08. The molecule has 1 fully saturated rings. The zero-order valence-electron chi connectivity index (χ0n) is 16.1. The Hall–Kier alpha value is -2.80. The van der Waals surface area contributed by atoms with E-state index in [0.717, 1.165) is 15.2 Å². The molecule has 7 nitrogen and oxygen atoms in total. The zero-order chi connectivity index (χ0) is 21.1. The molecule has 9 heteroatoms. The van der Waals surface area contributed by atoms with Crippen molar-refractivity contribution in [2.45, 2.75) is 24.3 Å². The van der Waals surface area contributed by atoms with Crippen LogP contribution in [0, 0.1) is 17.2 Å². The molecule has 2 heterocycles. The number of carbonyl (C=O) groups excluding carboxylic acids is 1. The van der Waals surface area contributed by atoms with Crippen LogP contribution in [0.5, 0.6) is 0 Å². The van der Waals surface area contributed by atoms with Crippen molar-refractivity contribution in [3.63, 3.8) is 0 Å². The number of amides is 1. The number of para-hydroxylation sites is 1. The average molecular weight is 441 g/mol. The van der Waals surface area contributed by atoms with Gasteiger partial charge in [-0.05, 0) is 37.1 Å². The van der Waals surface area contributed by atoms with Gasteiger partial charge in [0.2, 0.25) is 15.9 Å². The number of aromatic nitrogens is 1. The molecule has 30 heavy (non-hydrogen) atoms. The van der Waals surface area contributed by atoms with Gasteiger partial charge in [-0.25, -0.2) is 13.4 Å². The number of hydrogen-bond acceptors (Lipinski definition) is 6. The molecule has 2 aromatic carbocycles. The summed E-state index contributed by atoms with van der Waals surface area (Å²) in [5, 5.41) is 13.0. The molecule has 3 aromatic rings. The van der Waals surface area contributed by atoms with Crippen molar-refractivity contribution in [2.24, 2.45) is 5.92 Å². The molecule has 1 saturated heterocycles. The smallest absolute Gasteiger partial charge is 0.244 e. The predicted octanol–water partition coefficient (Wildman–Crippen LogP) is 2.89. The normalized spacial score (nSPS) is 15.7. The van der Waals surface area contributed by atoms with Crippen molar-refractivity contribution in [2.75, 3.05) is 13.1 Å². The lowest BCUT2D eigenvalue weighted by atomic mass is 9.97. The number of benzene rings is 2. The topological polar surface area (TPSA) is 103 Å². The van der Waals surface area contributed by atoms with E-state index in [1.165, 1.54) is 16.4 Å². The fourth-order valence-corrected chi connectivity index (χ4v) is 6.10. The van der Waals surface area contributed by atoms with Crippen LogP contribution >= 0.6 is 11.3 Å². The molecule has 0 atom stereocenters. The van der Waals surface area contributed by atoms with Gasteiger partial charge in [-0.3, -0.25) is 4.79 Å². The first-order chi connectivity index (χ1) is 14.5. The van der Waals surface area contributed by atoms with Crippen LogP contribution in [-0.2, 0) is 21.4 Å². The van der Waals surface area contributed by atoms with Gasteiger partial charge in [0.25, 0.3) is 0 Å². The first kappa shape index (κ1) is 20.5. The Morgan fingerprint density at radius 2 is 1.87 bits per heavy atom. The number of rotatable bonds is 5. The maximum Gasteiger partial charge on any atom is 0.244 e. The van der Waals surface area contributed by atoms with Crippen molar-refractivity contribution < 1.29 is 13.2 Å². The van der Waals surface area contributed by atoms with E-state index in [1.807, 2.05) is 30.3 Å². The number of nitrogens with zero attached hydrogens (tertiary/aromatic N) is 3. The standard InChI is InChI=1S/C21H20N4O3S2/c22-13-16-5-1-4-8-19(16)30(27,28)25-11-9-15(10-12-25)21(26)23-14-20-24-17-6-2-3-7-18(17)29-20/h1-8,15H,9-12,14H2,(H,23,26). The van der Waals surface area contributed by atoms with Gasteiger partial charge in [-0.1, -0.05) is 24.3 Å². The fourth-order valence-electron chi connectivity index (χ4n) is 3.58. The van der Waals surface area contributed by atoms with Crippen LogP contribution in [-0.4, -0.2) is 36.7 Å². The first-order valence-corrected chi connectivity index (χ1v) is 11.9. The van der Waals surface area contributed by atoms with E-state index < -0.39 is 10.0 Å². The largest absolute Gasteiger partial charge is 0.349 e. The summed E-state index contributed by atoms with van der Waals surface area (Å²) in [5.41, 5.74) is 1.05. The number of nitrogens with one attached hydrogen (secondary N) is 1. The highest BCUT2D eigenvalue weighted by molar-refractivity contribution is 7.89. The van der Waals surface area contributed by atoms with Crippen LogP contribution in [0.3, 0.4) is 0 Å². The highest BCUT2D eigenvalue weighted by Crippen LogP contribution is 2.26. The van der Waals surface area contributed by atoms with Crippen molar-refractivity contribution in [3.8, 4) is 6.07 Å². The third-order valence-corrected chi connectivity index (χ3v) is 8.20. The van der Waals surface area contributed by atoms with Crippen LogP contribution in [0.1, 0.15) is 23.4 Å². The molecule has 154 valence electrons. The molecule has 0 bridgehead atoms. The van der Waals surface area contributed by atoms with E-state index in [-0.39, 0.29) is 35.4 Å². The summed E-state index contributed by atoms with van der Waals surface area (Å²) in [5.74, 6) is -0.319. The average Bonchev–Trinajstić information content (AvgIpc) is 3.20. The lowest BCUT2D eigenvalue weighted by Crippen LogP contribution is -2.43. The lowest BCUT2D eigenvalue weighted by molar-refractivity contribution is -0.126. The summed E-state index contributed by atoms with van der Waals surface area (Å²) < 4.78 is 28.3. The SMILES string of the molecule is N#Cc1ccccc1S(=O)(=O)N1CCC(C(=O)NCc2nc3ccccc3s2)CC1. The van der Waals surface area contributed by atoms with Gasteiger partial charge in [0.15, 0.2) is 0 Å². The van der Waals surface area contributed by atoms with E-state index in [0.29, 0.717) is 19.4 Å². The summed E-state index contributed by atoms with van der Waals surface area (Å²) >= 11 is 1.55. The number of thiazole rings is 1. The van der Waals surface area contributed by atoms with Crippen LogP contribution in [0.4, 0.5) is 0 Å². The van der Waals surface area contributed by atoms with Gasteiger partial charge in [-0.15, -0.1) is 11.3 Å². The number of carbonyl (C=O) groups is 1. The Kier molecular flexibility index (Phi) is 5.81. The van der Waals surface area contributed by atoms with Crippen LogP contribution in [0.15, 0.2) is 53.4 Å². The highest BCUT2D eigenvalue weighted by atomic mass is 32.2. The Labute approximate surface area is 179 Å². The molecule has 0 spiro atoms. The number of fused-ring (bicyclic) bond motifs is 1. The fraction of sp³-hybridized carbons (Fsp3) is 0.286. The Morgan fingerprint density at radius 3 is 2.60 bits per heavy atom. The number of sulfonamides is 1. The molecule has 1 N–H and O–H groups in total. The molecule has 1 aliphatic heterocycles. The first-order valence-electron chi connectivity index (χ1n) is 9.60. The second-order valence-corrected chi connectivity index (χ2v) is 10.1. The van der Waals surface area contributed by atoms with Crippen LogP contribution in [0.2, 0.25) is 0 Å². The van der Waals surface area contributed by atoms with E-state index >= 15 is 0 Å². The van der Waals surface area contributed by atoms with E-state index in [2.05, 4.69) is 10.3 Å². The number of hydrogen-bond donors (Lipinski definition) is 1. The minimum atomic E-state index is -3.75. The predicted molar refractivity (Wildman–Crippen MR) is 114 cm³/mol. The highest BCUT2D eigenvalue weighted by Gasteiger charge is 2.33. The molecule has 0 unspecified atom stereocenters. The molecule has 0 radical (unpaired) electrons. The van der Waals surface area contributed by atoms with Crippen LogP contribution < -0.4 is 5.32 Å². The zero-order valence-corrected chi connectivity index (χ0v) is 17.7. The van der Waals surface area contributed by atoms with Crippen molar-refractivity contribution in [1.29, 1.82) is 5.26 Å². The van der Waals surface area contributed by atoms with E-state index in [9.17, 15) is 18.5 Å². The summed E-state index contributed by atoms with van der Waals surface area (Å²) in [7, 11) is -3.75. The maximum absolute atomic E-state index is 12.9. The number of nitriles is 1. The molecular weight excluding hydrogens is 420 g/mol. The molecule has 0 aliphatic carbocycles. The maximum atomic E-state index is 12.9. The Morgan fingerprint density at radius 1 is 1.17 bits per heavy atom. The van der Waals surface area contributed by atoms with Gasteiger partial charge in [-0.2, -0.15) is 9.57 Å². The summed E-state index contributed by atoms with van der Waals surface area (Å²) in [6.45, 7) is 0.870. The minimum Gasteiger partial charge on any atom is -0.349 e. The number of piperidine rings is 1.